The molecule has 0 spiro atoms. The first-order valence-electron chi connectivity index (χ1n) is 8.69. The van der Waals surface area contributed by atoms with Gasteiger partial charge in [0.1, 0.15) is 5.82 Å². The Morgan fingerprint density at radius 3 is 2.40 bits per heavy atom. The van der Waals surface area contributed by atoms with Gasteiger partial charge in [-0.25, -0.2) is 9.97 Å². The average molecular weight is 340 g/mol. The molecule has 0 aliphatic carbocycles. The molecule has 1 fully saturated rings. The van der Waals surface area contributed by atoms with Crippen LogP contribution in [0.15, 0.2) is 30.3 Å². The lowest BCUT2D eigenvalue weighted by Crippen LogP contribution is -2.48. The quantitative estimate of drug-likeness (QED) is 0.900. The van der Waals surface area contributed by atoms with Crippen LogP contribution in [0.2, 0.25) is 0 Å². The molecule has 0 saturated carbocycles. The summed E-state index contributed by atoms with van der Waals surface area (Å²) in [5.74, 6) is 0.908. The van der Waals surface area contributed by atoms with Crippen molar-refractivity contribution >= 4 is 11.8 Å². The van der Waals surface area contributed by atoms with E-state index in [1.807, 2.05) is 11.0 Å². The third-order valence-electron chi connectivity index (χ3n) is 4.49. The van der Waals surface area contributed by atoms with Crippen LogP contribution in [-0.2, 0) is 11.2 Å². The fourth-order valence-corrected chi connectivity index (χ4v) is 2.98. The van der Waals surface area contributed by atoms with E-state index >= 15 is 0 Å². The van der Waals surface area contributed by atoms with Gasteiger partial charge >= 0.3 is 5.97 Å². The maximum Gasteiger partial charge on any atom is 0.317 e. The van der Waals surface area contributed by atoms with Gasteiger partial charge in [-0.2, -0.15) is 0 Å². The molecule has 1 aromatic carbocycles. The van der Waals surface area contributed by atoms with Crippen LogP contribution in [0.1, 0.15) is 18.2 Å². The van der Waals surface area contributed by atoms with Crippen molar-refractivity contribution in [1.82, 2.24) is 14.9 Å². The molecule has 25 heavy (non-hydrogen) atoms. The predicted molar refractivity (Wildman–Crippen MR) is 97.9 cm³/mol. The zero-order chi connectivity index (χ0) is 17.8. The van der Waals surface area contributed by atoms with Crippen molar-refractivity contribution in [2.24, 2.45) is 0 Å². The monoisotopic (exact) mass is 340 g/mol. The summed E-state index contributed by atoms with van der Waals surface area (Å²) in [5.41, 5.74) is 3.25. The molecule has 1 aromatic heterocycles. The number of rotatable bonds is 5. The Morgan fingerprint density at radius 1 is 1.12 bits per heavy atom. The van der Waals surface area contributed by atoms with Crippen molar-refractivity contribution in [3.05, 3.63) is 41.6 Å². The highest BCUT2D eigenvalue weighted by Gasteiger charge is 2.20. The van der Waals surface area contributed by atoms with Crippen LogP contribution < -0.4 is 4.90 Å². The summed E-state index contributed by atoms with van der Waals surface area (Å²) < 4.78 is 0. The summed E-state index contributed by atoms with van der Waals surface area (Å²) in [6.45, 7) is 7.29. The van der Waals surface area contributed by atoms with E-state index in [1.54, 1.807) is 0 Å². The van der Waals surface area contributed by atoms with E-state index in [0.717, 1.165) is 55.5 Å². The van der Waals surface area contributed by atoms with Crippen molar-refractivity contribution < 1.29 is 9.90 Å². The number of hydrogen-bond donors (Lipinski definition) is 1. The van der Waals surface area contributed by atoms with E-state index in [0.29, 0.717) is 0 Å². The lowest BCUT2D eigenvalue weighted by molar-refractivity contribution is -0.138. The second-order valence-electron chi connectivity index (χ2n) is 6.42. The largest absolute Gasteiger partial charge is 0.480 e. The predicted octanol–water partition coefficient (Wildman–Crippen LogP) is 2.22. The first kappa shape index (κ1) is 17.4. The van der Waals surface area contributed by atoms with E-state index in [9.17, 15) is 4.79 Å². The number of piperazine rings is 1. The number of aliphatic carboxylic acids is 1. The van der Waals surface area contributed by atoms with Gasteiger partial charge in [-0.15, -0.1) is 0 Å². The third kappa shape index (κ3) is 4.33. The fraction of sp³-hybridized carbons (Fsp3) is 0.421. The Labute approximate surface area is 148 Å². The first-order chi connectivity index (χ1) is 12.0. The standard InChI is InChI=1S/C19H24N4O2/c1-3-16-12-17(23-10-8-22(9-11-23)13-18(24)25)21-19(20-16)15-6-4-14(2)5-7-15/h4-7,12H,3,8-11,13H2,1-2H3,(H,24,25). The molecule has 2 aromatic rings. The lowest BCUT2D eigenvalue weighted by Gasteiger charge is -2.34. The number of nitrogens with zero attached hydrogens (tertiary/aromatic N) is 4. The van der Waals surface area contributed by atoms with Crippen LogP contribution in [0.5, 0.6) is 0 Å². The number of benzene rings is 1. The van der Waals surface area contributed by atoms with Crippen LogP contribution >= 0.6 is 0 Å². The van der Waals surface area contributed by atoms with Gasteiger partial charge in [-0.1, -0.05) is 36.8 Å². The summed E-state index contributed by atoms with van der Waals surface area (Å²) in [6, 6.07) is 10.3. The first-order valence-corrected chi connectivity index (χ1v) is 8.69. The molecule has 6 nitrogen and oxygen atoms in total. The zero-order valence-corrected chi connectivity index (χ0v) is 14.8. The topological polar surface area (TPSA) is 69.6 Å². The Kier molecular flexibility index (Phi) is 5.28. The summed E-state index contributed by atoms with van der Waals surface area (Å²) in [7, 11) is 0. The number of carboxylic acid groups (broad SMARTS) is 1. The van der Waals surface area contributed by atoms with Crippen LogP contribution in [0.4, 0.5) is 5.82 Å². The minimum atomic E-state index is -0.773. The van der Waals surface area contributed by atoms with Gasteiger partial charge in [0, 0.05) is 43.5 Å². The van der Waals surface area contributed by atoms with Crippen molar-refractivity contribution in [3.63, 3.8) is 0 Å². The number of aromatic nitrogens is 2. The number of carbonyl (C=O) groups is 1. The minimum absolute atomic E-state index is 0.104. The fourth-order valence-electron chi connectivity index (χ4n) is 2.98. The summed E-state index contributed by atoms with van der Waals surface area (Å²) in [5, 5.41) is 8.92. The average Bonchev–Trinajstić information content (AvgIpc) is 2.62. The van der Waals surface area contributed by atoms with Crippen LogP contribution in [0.25, 0.3) is 11.4 Å². The van der Waals surface area contributed by atoms with Gasteiger partial charge in [-0.05, 0) is 13.3 Å². The summed E-state index contributed by atoms with van der Waals surface area (Å²) in [4.78, 5) is 24.5. The van der Waals surface area contributed by atoms with Gasteiger partial charge in [0.05, 0.1) is 6.54 Å². The molecule has 6 heteroatoms. The molecule has 0 atom stereocenters. The maximum atomic E-state index is 10.9. The second-order valence-corrected chi connectivity index (χ2v) is 6.42. The van der Waals surface area contributed by atoms with E-state index < -0.39 is 5.97 Å². The molecule has 1 N–H and O–H groups in total. The van der Waals surface area contributed by atoms with Crippen molar-refractivity contribution in [3.8, 4) is 11.4 Å². The number of hydrogen-bond acceptors (Lipinski definition) is 5. The van der Waals surface area contributed by atoms with E-state index in [4.69, 9.17) is 10.1 Å². The molecule has 3 rings (SSSR count). The Hall–Kier alpha value is -2.47. The smallest absolute Gasteiger partial charge is 0.317 e. The van der Waals surface area contributed by atoms with Crippen molar-refractivity contribution in [2.75, 3.05) is 37.6 Å². The third-order valence-corrected chi connectivity index (χ3v) is 4.49. The molecule has 1 saturated heterocycles. The second kappa shape index (κ2) is 7.61. The van der Waals surface area contributed by atoms with E-state index in [2.05, 4.69) is 48.0 Å². The summed E-state index contributed by atoms with van der Waals surface area (Å²) in [6.07, 6.45) is 0.855. The van der Waals surface area contributed by atoms with Crippen molar-refractivity contribution in [1.29, 1.82) is 0 Å². The van der Waals surface area contributed by atoms with Crippen LogP contribution in [-0.4, -0.2) is 58.7 Å². The molecule has 0 radical (unpaired) electrons. The molecule has 0 unspecified atom stereocenters. The molecule has 1 aliphatic heterocycles. The van der Waals surface area contributed by atoms with Gasteiger partial charge < -0.3 is 10.0 Å². The van der Waals surface area contributed by atoms with Gasteiger partial charge in [0.15, 0.2) is 5.82 Å². The molecule has 2 heterocycles. The highest BCUT2D eigenvalue weighted by Crippen LogP contribution is 2.22. The zero-order valence-electron chi connectivity index (χ0n) is 14.8. The van der Waals surface area contributed by atoms with Gasteiger partial charge in [0.25, 0.3) is 0 Å². The van der Waals surface area contributed by atoms with Gasteiger partial charge in [0.2, 0.25) is 0 Å². The summed E-state index contributed by atoms with van der Waals surface area (Å²) >= 11 is 0. The van der Waals surface area contributed by atoms with Gasteiger partial charge in [-0.3, -0.25) is 9.69 Å². The van der Waals surface area contributed by atoms with E-state index in [-0.39, 0.29) is 6.54 Å². The number of aryl methyl sites for hydroxylation is 2. The van der Waals surface area contributed by atoms with Crippen LogP contribution in [0, 0.1) is 6.92 Å². The number of carboxylic acids is 1. The SMILES string of the molecule is CCc1cc(N2CCN(CC(=O)O)CC2)nc(-c2ccc(C)cc2)n1. The normalized spacial score (nSPS) is 15.4. The number of anilines is 1. The van der Waals surface area contributed by atoms with Crippen LogP contribution in [0.3, 0.4) is 0 Å². The molecule has 132 valence electrons. The molecule has 0 bridgehead atoms. The Balaban J connectivity index is 1.81. The molecule has 0 amide bonds. The molecular weight excluding hydrogens is 316 g/mol. The minimum Gasteiger partial charge on any atom is -0.480 e. The lowest BCUT2D eigenvalue weighted by atomic mass is 10.1. The molecule has 1 aliphatic rings. The Morgan fingerprint density at radius 2 is 1.80 bits per heavy atom. The van der Waals surface area contributed by atoms with E-state index in [1.165, 1.54) is 5.56 Å². The Bertz CT molecular complexity index is 738. The molecular formula is C19H24N4O2. The highest BCUT2D eigenvalue weighted by atomic mass is 16.4. The maximum absolute atomic E-state index is 10.9. The highest BCUT2D eigenvalue weighted by molar-refractivity contribution is 5.69. The van der Waals surface area contributed by atoms with Crippen molar-refractivity contribution in [2.45, 2.75) is 20.3 Å².